The van der Waals surface area contributed by atoms with Crippen molar-refractivity contribution in [3.8, 4) is 0 Å². The number of furan rings is 1. The van der Waals surface area contributed by atoms with Crippen LogP contribution < -0.4 is 0 Å². The van der Waals surface area contributed by atoms with Crippen molar-refractivity contribution in [1.82, 2.24) is 10.1 Å². The number of aryl methyl sites for hydroxylation is 1. The van der Waals surface area contributed by atoms with Gasteiger partial charge in [-0.2, -0.15) is 0 Å². The highest BCUT2D eigenvalue weighted by Crippen LogP contribution is 2.20. The molecule has 25 heavy (non-hydrogen) atoms. The van der Waals surface area contributed by atoms with Crippen LogP contribution in [0.25, 0.3) is 11.0 Å². The largest absolute Gasteiger partial charge is 0.465 e. The van der Waals surface area contributed by atoms with E-state index in [1.165, 1.54) is 12.0 Å². The van der Waals surface area contributed by atoms with Gasteiger partial charge in [-0.05, 0) is 25.1 Å². The van der Waals surface area contributed by atoms with Gasteiger partial charge in [0.1, 0.15) is 22.8 Å². The Bertz CT molecular complexity index is 925. The minimum Gasteiger partial charge on any atom is -0.465 e. The van der Waals surface area contributed by atoms with Crippen LogP contribution in [0.3, 0.4) is 0 Å². The molecule has 0 unspecified atom stereocenters. The van der Waals surface area contributed by atoms with Gasteiger partial charge in [0.2, 0.25) is 5.91 Å². The average Bonchev–Trinajstić information content (AvgIpc) is 3.18. The number of carbonyl (C=O) groups is 2. The van der Waals surface area contributed by atoms with Crippen molar-refractivity contribution < 1.29 is 23.3 Å². The number of hydrogen-bond donors (Lipinski definition) is 0. The summed E-state index contributed by atoms with van der Waals surface area (Å²) in [6.07, 6.45) is 0.122. The number of methoxy groups -OCH3 is 1. The quantitative estimate of drug-likeness (QED) is 0.663. The first-order valence-electron chi connectivity index (χ1n) is 7.74. The fraction of sp³-hybridized carbons (Fsp3) is 0.278. The second kappa shape index (κ2) is 6.80. The summed E-state index contributed by atoms with van der Waals surface area (Å²) in [4.78, 5) is 25.6. The Kier molecular flexibility index (Phi) is 4.56. The standard InChI is InChI=1S/C18H18N2O5/c1-11-14(18(22)23-3)8-12(24-11)10-20(2)17(21)9-15-13-6-4-5-7-16(13)25-19-15/h4-8H,9-10H2,1-3H3. The molecular weight excluding hydrogens is 324 g/mol. The Morgan fingerprint density at radius 1 is 1.28 bits per heavy atom. The summed E-state index contributed by atoms with van der Waals surface area (Å²) in [5.41, 5.74) is 1.61. The van der Waals surface area contributed by atoms with Gasteiger partial charge in [0.15, 0.2) is 5.58 Å². The van der Waals surface area contributed by atoms with Gasteiger partial charge in [0, 0.05) is 12.4 Å². The third-order valence-corrected chi connectivity index (χ3v) is 3.96. The number of nitrogens with zero attached hydrogens (tertiary/aromatic N) is 2. The predicted octanol–water partition coefficient (Wildman–Crippen LogP) is 2.72. The molecule has 7 nitrogen and oxygen atoms in total. The van der Waals surface area contributed by atoms with Crippen LogP contribution in [0.5, 0.6) is 0 Å². The summed E-state index contributed by atoms with van der Waals surface area (Å²) < 4.78 is 15.4. The molecule has 2 heterocycles. The Morgan fingerprint density at radius 2 is 2.04 bits per heavy atom. The van der Waals surface area contributed by atoms with Crippen molar-refractivity contribution in [2.75, 3.05) is 14.2 Å². The Labute approximate surface area is 144 Å². The maximum absolute atomic E-state index is 12.5. The number of ether oxygens (including phenoxy) is 1. The molecule has 0 atom stereocenters. The van der Waals surface area contributed by atoms with Gasteiger partial charge >= 0.3 is 5.97 Å². The van der Waals surface area contributed by atoms with Crippen LogP contribution in [0.1, 0.15) is 27.6 Å². The Hall–Kier alpha value is -3.09. The lowest BCUT2D eigenvalue weighted by Crippen LogP contribution is -2.27. The third kappa shape index (κ3) is 3.40. The van der Waals surface area contributed by atoms with Crippen LogP contribution in [0.4, 0.5) is 0 Å². The molecule has 0 N–H and O–H groups in total. The van der Waals surface area contributed by atoms with E-state index in [0.717, 1.165) is 5.39 Å². The minimum absolute atomic E-state index is 0.122. The van der Waals surface area contributed by atoms with Crippen molar-refractivity contribution in [3.63, 3.8) is 0 Å². The number of aromatic nitrogens is 1. The van der Waals surface area contributed by atoms with Crippen LogP contribution in [0, 0.1) is 6.92 Å². The van der Waals surface area contributed by atoms with Gasteiger partial charge in [0.05, 0.1) is 20.1 Å². The number of hydrogen-bond acceptors (Lipinski definition) is 6. The first-order valence-corrected chi connectivity index (χ1v) is 7.74. The molecule has 2 aromatic heterocycles. The molecule has 0 aliphatic rings. The fourth-order valence-corrected chi connectivity index (χ4v) is 2.60. The lowest BCUT2D eigenvalue weighted by Gasteiger charge is -2.14. The van der Waals surface area contributed by atoms with Gasteiger partial charge in [0.25, 0.3) is 0 Å². The molecule has 130 valence electrons. The van der Waals surface area contributed by atoms with Crippen LogP contribution in [-0.2, 0) is 22.5 Å². The van der Waals surface area contributed by atoms with E-state index in [9.17, 15) is 9.59 Å². The van der Waals surface area contributed by atoms with Crippen molar-refractivity contribution >= 4 is 22.8 Å². The summed E-state index contributed by atoms with van der Waals surface area (Å²) >= 11 is 0. The molecule has 0 fully saturated rings. The van der Waals surface area contributed by atoms with Gasteiger partial charge in [-0.15, -0.1) is 0 Å². The van der Waals surface area contributed by atoms with E-state index >= 15 is 0 Å². The molecule has 0 aliphatic heterocycles. The molecule has 0 spiro atoms. The molecule has 1 aromatic carbocycles. The first kappa shape index (κ1) is 16.8. The molecule has 0 saturated heterocycles. The monoisotopic (exact) mass is 342 g/mol. The van der Waals surface area contributed by atoms with Crippen molar-refractivity contribution in [2.45, 2.75) is 19.9 Å². The average molecular weight is 342 g/mol. The summed E-state index contributed by atoms with van der Waals surface area (Å²) in [5.74, 6) is 0.382. The number of fused-ring (bicyclic) bond motifs is 1. The number of carbonyl (C=O) groups excluding carboxylic acids is 2. The van der Waals surface area contributed by atoms with Gasteiger partial charge in [-0.25, -0.2) is 4.79 Å². The van der Waals surface area contributed by atoms with Crippen molar-refractivity contribution in [2.24, 2.45) is 0 Å². The summed E-state index contributed by atoms with van der Waals surface area (Å²) in [7, 11) is 2.98. The SMILES string of the molecule is COC(=O)c1cc(CN(C)C(=O)Cc2noc3ccccc23)oc1C. The number of likely N-dealkylation sites (N-methyl/N-ethyl adjacent to an activating group) is 1. The van der Waals surface area contributed by atoms with E-state index < -0.39 is 5.97 Å². The van der Waals surface area contributed by atoms with Crippen molar-refractivity contribution in [3.05, 3.63) is 53.1 Å². The second-order valence-corrected chi connectivity index (χ2v) is 5.73. The molecule has 0 bridgehead atoms. The topological polar surface area (TPSA) is 85.8 Å². The lowest BCUT2D eigenvalue weighted by molar-refractivity contribution is -0.130. The number of para-hydroxylation sites is 1. The molecule has 3 rings (SSSR count). The molecule has 0 radical (unpaired) electrons. The molecule has 0 saturated carbocycles. The van der Waals surface area contributed by atoms with E-state index in [4.69, 9.17) is 13.7 Å². The summed E-state index contributed by atoms with van der Waals surface area (Å²) in [5, 5.41) is 4.80. The van der Waals surface area contributed by atoms with E-state index in [1.54, 1.807) is 26.1 Å². The van der Waals surface area contributed by atoms with Crippen LogP contribution in [0.15, 0.2) is 39.3 Å². The maximum atomic E-state index is 12.5. The summed E-state index contributed by atoms with van der Waals surface area (Å²) in [6.45, 7) is 1.92. The number of amides is 1. The van der Waals surface area contributed by atoms with E-state index in [0.29, 0.717) is 28.4 Å². The Balaban J connectivity index is 1.70. The normalized spacial score (nSPS) is 10.8. The number of rotatable bonds is 5. The second-order valence-electron chi connectivity index (χ2n) is 5.73. The van der Waals surface area contributed by atoms with Gasteiger partial charge in [-0.3, -0.25) is 4.79 Å². The Morgan fingerprint density at radius 3 is 2.80 bits per heavy atom. The van der Waals surface area contributed by atoms with Crippen molar-refractivity contribution in [1.29, 1.82) is 0 Å². The highest BCUT2D eigenvalue weighted by molar-refractivity contribution is 5.90. The zero-order chi connectivity index (χ0) is 18.0. The molecule has 3 aromatic rings. The summed E-state index contributed by atoms with van der Waals surface area (Å²) in [6, 6.07) is 8.99. The van der Waals surface area contributed by atoms with Crippen LogP contribution in [-0.4, -0.2) is 36.1 Å². The van der Waals surface area contributed by atoms with Gasteiger partial charge in [-0.1, -0.05) is 17.3 Å². The highest BCUT2D eigenvalue weighted by atomic mass is 16.5. The van der Waals surface area contributed by atoms with E-state index in [1.807, 2.05) is 18.2 Å². The maximum Gasteiger partial charge on any atom is 0.341 e. The molecule has 7 heteroatoms. The first-order chi connectivity index (χ1) is 12.0. The fourth-order valence-electron chi connectivity index (χ4n) is 2.60. The zero-order valence-electron chi connectivity index (χ0n) is 14.2. The smallest absolute Gasteiger partial charge is 0.341 e. The molecular formula is C18H18N2O5. The number of benzene rings is 1. The number of esters is 1. The molecule has 1 amide bonds. The zero-order valence-corrected chi connectivity index (χ0v) is 14.2. The predicted molar refractivity (Wildman–Crippen MR) is 89.0 cm³/mol. The highest BCUT2D eigenvalue weighted by Gasteiger charge is 2.19. The van der Waals surface area contributed by atoms with Crippen LogP contribution >= 0.6 is 0 Å². The van der Waals surface area contributed by atoms with E-state index in [-0.39, 0.29) is 18.9 Å². The molecule has 0 aliphatic carbocycles. The lowest BCUT2D eigenvalue weighted by atomic mass is 10.1. The minimum atomic E-state index is -0.462. The van der Waals surface area contributed by atoms with Crippen LogP contribution in [0.2, 0.25) is 0 Å². The van der Waals surface area contributed by atoms with Gasteiger partial charge < -0.3 is 18.6 Å². The van der Waals surface area contributed by atoms with E-state index in [2.05, 4.69) is 5.16 Å². The third-order valence-electron chi connectivity index (χ3n) is 3.96.